The number of aliphatic hydroxyl groups excluding tert-OH is 1. The van der Waals surface area contributed by atoms with Crippen LogP contribution in [0.1, 0.15) is 36.6 Å². The summed E-state index contributed by atoms with van der Waals surface area (Å²) in [4.78, 5) is 28.6. The van der Waals surface area contributed by atoms with Gasteiger partial charge in [0.25, 0.3) is 11.7 Å². The molecule has 0 radical (unpaired) electrons. The average molecular weight is 424 g/mol. The van der Waals surface area contributed by atoms with E-state index in [4.69, 9.17) is 4.74 Å². The molecular weight excluding hydrogens is 392 g/mol. The van der Waals surface area contributed by atoms with Gasteiger partial charge in [0.05, 0.1) is 44.9 Å². The normalized spacial score (nSPS) is 18.3. The lowest BCUT2D eigenvalue weighted by Crippen LogP contribution is -3.06. The van der Waals surface area contributed by atoms with Crippen molar-refractivity contribution in [3.63, 3.8) is 0 Å². The van der Waals surface area contributed by atoms with Gasteiger partial charge < -0.3 is 19.6 Å². The molecule has 0 saturated carbocycles. The van der Waals surface area contributed by atoms with Crippen LogP contribution in [-0.4, -0.2) is 55.0 Å². The molecule has 1 atom stereocenters. The van der Waals surface area contributed by atoms with Gasteiger partial charge in [-0.25, -0.2) is 0 Å². The van der Waals surface area contributed by atoms with Gasteiger partial charge >= 0.3 is 0 Å². The monoisotopic (exact) mass is 423 g/mol. The number of benzene rings is 2. The highest BCUT2D eigenvalue weighted by Gasteiger charge is 2.46. The number of Topliss-reactive ketones (excluding diaryl/α,β-unsaturated/α-hetero) is 1. The van der Waals surface area contributed by atoms with Crippen molar-refractivity contribution in [2.75, 3.05) is 27.2 Å². The second kappa shape index (κ2) is 9.35. The van der Waals surface area contributed by atoms with Gasteiger partial charge in [-0.15, -0.1) is 0 Å². The number of hydrogen-bond donors (Lipinski definition) is 2. The van der Waals surface area contributed by atoms with Crippen LogP contribution in [0, 0.1) is 6.92 Å². The molecule has 6 heteroatoms. The number of quaternary nitrogens is 1. The molecule has 1 amide bonds. The second-order valence-electron chi connectivity index (χ2n) is 8.55. The molecule has 0 bridgehead atoms. The zero-order chi connectivity index (χ0) is 22.7. The van der Waals surface area contributed by atoms with Crippen molar-refractivity contribution in [2.45, 2.75) is 32.9 Å². The van der Waals surface area contributed by atoms with Crippen LogP contribution in [0.15, 0.2) is 54.1 Å². The minimum absolute atomic E-state index is 0.0427. The predicted molar refractivity (Wildman–Crippen MR) is 120 cm³/mol. The summed E-state index contributed by atoms with van der Waals surface area (Å²) in [5.41, 5.74) is 2.45. The molecule has 164 valence electrons. The van der Waals surface area contributed by atoms with E-state index in [9.17, 15) is 14.7 Å². The molecule has 3 rings (SSSR count). The van der Waals surface area contributed by atoms with Crippen molar-refractivity contribution in [3.8, 4) is 5.75 Å². The lowest BCUT2D eigenvalue weighted by molar-refractivity contribution is -0.857. The number of likely N-dealkylation sites (N-methyl/N-ethyl adjacent to an activating group) is 1. The van der Waals surface area contributed by atoms with Crippen molar-refractivity contribution in [2.24, 2.45) is 0 Å². The van der Waals surface area contributed by atoms with Crippen LogP contribution in [0.5, 0.6) is 5.75 Å². The van der Waals surface area contributed by atoms with E-state index in [1.807, 2.05) is 71.3 Å². The van der Waals surface area contributed by atoms with E-state index < -0.39 is 17.7 Å². The van der Waals surface area contributed by atoms with Gasteiger partial charge in [0, 0.05) is 5.56 Å². The second-order valence-corrected chi connectivity index (χ2v) is 8.55. The molecule has 0 unspecified atom stereocenters. The number of likely N-dealkylation sites (tertiary alicyclic amines) is 1. The SMILES string of the molecule is Cc1ccc(C(O)=C2C(=O)C(=O)N(CC[NH+](C)C)[C@H]2c2ccc(OC(C)C)cc2)cc1. The first kappa shape index (κ1) is 22.6. The fraction of sp³-hybridized carbons (Fsp3) is 0.360. The summed E-state index contributed by atoms with van der Waals surface area (Å²) in [6.45, 7) is 6.95. The van der Waals surface area contributed by atoms with Crippen molar-refractivity contribution >= 4 is 17.4 Å². The molecule has 1 aliphatic heterocycles. The van der Waals surface area contributed by atoms with E-state index in [0.717, 1.165) is 11.1 Å². The largest absolute Gasteiger partial charge is 0.507 e. The Morgan fingerprint density at radius 1 is 1.06 bits per heavy atom. The number of aliphatic hydroxyl groups is 1. The molecule has 6 nitrogen and oxygen atoms in total. The van der Waals surface area contributed by atoms with Gasteiger partial charge in [-0.05, 0) is 38.5 Å². The van der Waals surface area contributed by atoms with E-state index in [1.165, 1.54) is 4.90 Å². The molecular formula is C25H31N2O4+. The molecule has 0 aromatic heterocycles. The van der Waals surface area contributed by atoms with Crippen molar-refractivity contribution in [1.82, 2.24) is 4.90 Å². The van der Waals surface area contributed by atoms with Gasteiger partial charge in [0.15, 0.2) is 0 Å². The summed E-state index contributed by atoms with van der Waals surface area (Å²) in [6, 6.07) is 14.0. The van der Waals surface area contributed by atoms with Crippen LogP contribution in [0.4, 0.5) is 0 Å². The Hall–Kier alpha value is -3.12. The Labute approximate surface area is 183 Å². The highest BCUT2D eigenvalue weighted by Crippen LogP contribution is 2.39. The van der Waals surface area contributed by atoms with Gasteiger partial charge in [-0.3, -0.25) is 9.59 Å². The van der Waals surface area contributed by atoms with Gasteiger partial charge in [0.2, 0.25) is 0 Å². The zero-order valence-corrected chi connectivity index (χ0v) is 18.8. The number of hydrogen-bond acceptors (Lipinski definition) is 4. The van der Waals surface area contributed by atoms with Crippen molar-refractivity contribution in [3.05, 3.63) is 70.8 Å². The number of ether oxygens (including phenoxy) is 1. The molecule has 2 N–H and O–H groups in total. The Morgan fingerprint density at radius 3 is 2.23 bits per heavy atom. The van der Waals surface area contributed by atoms with E-state index in [-0.39, 0.29) is 17.4 Å². The summed E-state index contributed by atoms with van der Waals surface area (Å²) in [6.07, 6.45) is 0.0427. The van der Waals surface area contributed by atoms with Crippen LogP contribution < -0.4 is 9.64 Å². The molecule has 1 heterocycles. The first-order valence-corrected chi connectivity index (χ1v) is 10.6. The number of ketones is 1. The fourth-order valence-corrected chi connectivity index (χ4v) is 3.67. The first-order chi connectivity index (χ1) is 14.7. The molecule has 1 aliphatic rings. The third-order valence-corrected chi connectivity index (χ3v) is 5.29. The van der Waals surface area contributed by atoms with Crippen LogP contribution in [0.2, 0.25) is 0 Å². The third-order valence-electron chi connectivity index (χ3n) is 5.29. The first-order valence-electron chi connectivity index (χ1n) is 10.6. The lowest BCUT2D eigenvalue weighted by Gasteiger charge is -2.26. The summed E-state index contributed by atoms with van der Waals surface area (Å²) in [5.74, 6) is -0.667. The molecule has 2 aromatic rings. The van der Waals surface area contributed by atoms with E-state index in [0.29, 0.717) is 24.4 Å². The number of nitrogens with zero attached hydrogens (tertiary/aromatic N) is 1. The standard InChI is InChI=1S/C25H30N2O4/c1-16(2)31-20-12-10-18(11-13-20)22-21(23(28)19-8-6-17(3)7-9-19)24(29)25(30)27(22)15-14-26(4)5/h6-13,16,22,28H,14-15H2,1-5H3/p+1/t22-/m0/s1. The van der Waals surface area contributed by atoms with Crippen LogP contribution in [-0.2, 0) is 9.59 Å². The van der Waals surface area contributed by atoms with Gasteiger partial charge in [0.1, 0.15) is 11.5 Å². The van der Waals surface area contributed by atoms with Crippen LogP contribution in [0.25, 0.3) is 5.76 Å². The van der Waals surface area contributed by atoms with E-state index in [2.05, 4.69) is 0 Å². The molecule has 31 heavy (non-hydrogen) atoms. The van der Waals surface area contributed by atoms with Crippen molar-refractivity contribution < 1.29 is 24.3 Å². The topological polar surface area (TPSA) is 71.3 Å². The Bertz CT molecular complexity index is 976. The molecule has 0 spiro atoms. The highest BCUT2D eigenvalue weighted by molar-refractivity contribution is 6.46. The number of nitrogens with one attached hydrogen (secondary N) is 1. The summed E-state index contributed by atoms with van der Waals surface area (Å²) in [5, 5.41) is 11.0. The quantitative estimate of drug-likeness (QED) is 0.407. The third kappa shape index (κ3) is 4.97. The smallest absolute Gasteiger partial charge is 0.295 e. The summed E-state index contributed by atoms with van der Waals surface area (Å²) >= 11 is 0. The summed E-state index contributed by atoms with van der Waals surface area (Å²) in [7, 11) is 3.99. The maximum Gasteiger partial charge on any atom is 0.295 e. The average Bonchev–Trinajstić information content (AvgIpc) is 2.97. The fourth-order valence-electron chi connectivity index (χ4n) is 3.67. The zero-order valence-electron chi connectivity index (χ0n) is 18.8. The number of carbonyl (C=O) groups is 2. The van der Waals surface area contributed by atoms with Gasteiger partial charge in [-0.2, -0.15) is 0 Å². The van der Waals surface area contributed by atoms with Crippen molar-refractivity contribution in [1.29, 1.82) is 0 Å². The molecule has 2 aromatic carbocycles. The number of rotatable bonds is 7. The highest BCUT2D eigenvalue weighted by atomic mass is 16.5. The Morgan fingerprint density at radius 2 is 1.68 bits per heavy atom. The lowest BCUT2D eigenvalue weighted by atomic mass is 9.95. The molecule has 1 saturated heterocycles. The van der Waals surface area contributed by atoms with Crippen LogP contribution >= 0.6 is 0 Å². The maximum absolute atomic E-state index is 13.0. The molecule has 1 fully saturated rings. The summed E-state index contributed by atoms with van der Waals surface area (Å²) < 4.78 is 5.72. The number of carbonyl (C=O) groups excluding carboxylic acids is 2. The minimum atomic E-state index is -0.653. The number of amides is 1. The maximum atomic E-state index is 13.0. The Kier molecular flexibility index (Phi) is 6.81. The molecule has 0 aliphatic carbocycles. The van der Waals surface area contributed by atoms with Crippen LogP contribution in [0.3, 0.4) is 0 Å². The van der Waals surface area contributed by atoms with Gasteiger partial charge in [-0.1, -0.05) is 42.0 Å². The predicted octanol–water partition coefficient (Wildman–Crippen LogP) is 2.35. The van der Waals surface area contributed by atoms with E-state index >= 15 is 0 Å². The van der Waals surface area contributed by atoms with E-state index in [1.54, 1.807) is 17.0 Å². The minimum Gasteiger partial charge on any atom is -0.507 e. The number of aryl methyl sites for hydroxylation is 1. The Balaban J connectivity index is 2.08.